The van der Waals surface area contributed by atoms with Crippen LogP contribution in [0.5, 0.6) is 0 Å². The summed E-state index contributed by atoms with van der Waals surface area (Å²) in [5.74, 6) is -2.69. The van der Waals surface area contributed by atoms with E-state index < -0.39 is 12.1 Å². The summed E-state index contributed by atoms with van der Waals surface area (Å²) >= 11 is 0. The first-order valence-corrected chi connectivity index (χ1v) is 9.42. The molecular weight excluding hydrogens is 403 g/mol. The van der Waals surface area contributed by atoms with Crippen LogP contribution in [-0.2, 0) is 27.2 Å². The van der Waals surface area contributed by atoms with E-state index in [0.29, 0.717) is 13.2 Å². The molecule has 0 bridgehead atoms. The number of carboxylic acids is 1. The zero-order valence-corrected chi connectivity index (χ0v) is 16.8. The number of carboxylic acid groups (broad SMARTS) is 1. The lowest BCUT2D eigenvalue weighted by Gasteiger charge is -2.20. The Balaban J connectivity index is 0.000000396. The summed E-state index contributed by atoms with van der Waals surface area (Å²) in [7, 11) is 0. The third-order valence-electron chi connectivity index (χ3n) is 4.64. The standard InChI is InChI=1S/C18H23N3O2.C2HF3O2/c1-3-23-12-17(22)21-10-8-15-16(9-11-21)19-20-18(15)14-7-5-4-6-13(14)2;3-2(4,5)1(6)7/h4-7H,3,8-12H2,1-2H3,(H,19,20);(H,6,7). The van der Waals surface area contributed by atoms with Crippen LogP contribution in [0.3, 0.4) is 0 Å². The molecule has 0 unspecified atom stereocenters. The van der Waals surface area contributed by atoms with Crippen LogP contribution in [0.15, 0.2) is 24.3 Å². The molecule has 7 nitrogen and oxygen atoms in total. The number of carbonyl (C=O) groups excluding carboxylic acids is 1. The van der Waals surface area contributed by atoms with Crippen LogP contribution < -0.4 is 0 Å². The number of rotatable bonds is 4. The van der Waals surface area contributed by atoms with Gasteiger partial charge in [-0.1, -0.05) is 24.3 Å². The number of carbonyl (C=O) groups is 2. The van der Waals surface area contributed by atoms with E-state index in [2.05, 4.69) is 29.3 Å². The van der Waals surface area contributed by atoms with Crippen LogP contribution >= 0.6 is 0 Å². The molecule has 1 aromatic heterocycles. The molecule has 2 heterocycles. The van der Waals surface area contributed by atoms with Gasteiger partial charge >= 0.3 is 12.1 Å². The Kier molecular flexibility index (Phi) is 7.99. The van der Waals surface area contributed by atoms with Gasteiger partial charge in [0.25, 0.3) is 0 Å². The summed E-state index contributed by atoms with van der Waals surface area (Å²) in [6.45, 7) is 6.19. The number of benzene rings is 1. The van der Waals surface area contributed by atoms with Crippen molar-refractivity contribution in [3.63, 3.8) is 0 Å². The highest BCUT2D eigenvalue weighted by molar-refractivity contribution is 5.78. The first-order chi connectivity index (χ1) is 14.1. The molecule has 2 aromatic rings. The molecule has 30 heavy (non-hydrogen) atoms. The molecule has 0 aliphatic carbocycles. The monoisotopic (exact) mass is 427 g/mol. The van der Waals surface area contributed by atoms with Gasteiger partial charge in [-0.15, -0.1) is 0 Å². The molecule has 0 radical (unpaired) electrons. The highest BCUT2D eigenvalue weighted by Gasteiger charge is 2.38. The number of H-pyrrole nitrogens is 1. The molecule has 1 aliphatic rings. The van der Waals surface area contributed by atoms with E-state index in [1.807, 2.05) is 24.0 Å². The zero-order chi connectivity index (χ0) is 22.3. The minimum absolute atomic E-state index is 0.0717. The molecule has 0 fully saturated rings. The molecule has 10 heteroatoms. The number of hydrogen-bond acceptors (Lipinski definition) is 4. The van der Waals surface area contributed by atoms with Crippen LogP contribution in [-0.4, -0.2) is 64.6 Å². The minimum Gasteiger partial charge on any atom is -0.475 e. The second-order valence-corrected chi connectivity index (χ2v) is 6.67. The lowest BCUT2D eigenvalue weighted by atomic mass is 9.99. The molecule has 0 spiro atoms. The largest absolute Gasteiger partial charge is 0.490 e. The molecule has 164 valence electrons. The van der Waals surface area contributed by atoms with E-state index in [0.717, 1.165) is 30.8 Å². The highest BCUT2D eigenvalue weighted by atomic mass is 19.4. The van der Waals surface area contributed by atoms with Crippen molar-refractivity contribution < 1.29 is 32.6 Å². The van der Waals surface area contributed by atoms with Crippen LogP contribution in [0.25, 0.3) is 11.3 Å². The molecule has 3 rings (SSSR count). The van der Waals surface area contributed by atoms with Crippen molar-refractivity contribution in [1.29, 1.82) is 0 Å². The average Bonchev–Trinajstić information content (AvgIpc) is 2.96. The molecule has 0 atom stereocenters. The van der Waals surface area contributed by atoms with E-state index in [9.17, 15) is 18.0 Å². The number of nitrogens with one attached hydrogen (secondary N) is 1. The van der Waals surface area contributed by atoms with Crippen molar-refractivity contribution in [3.8, 4) is 11.3 Å². The average molecular weight is 427 g/mol. The quantitative estimate of drug-likeness (QED) is 0.782. The lowest BCUT2D eigenvalue weighted by molar-refractivity contribution is -0.192. The van der Waals surface area contributed by atoms with E-state index in [1.165, 1.54) is 16.7 Å². The number of ether oxygens (including phenoxy) is 1. The maximum atomic E-state index is 12.2. The van der Waals surface area contributed by atoms with Gasteiger partial charge < -0.3 is 14.7 Å². The van der Waals surface area contributed by atoms with Gasteiger partial charge in [0, 0.05) is 42.9 Å². The second-order valence-electron chi connectivity index (χ2n) is 6.67. The number of aliphatic carboxylic acids is 1. The first kappa shape index (κ1) is 23.4. The predicted molar refractivity (Wildman–Crippen MR) is 103 cm³/mol. The Morgan fingerprint density at radius 2 is 1.87 bits per heavy atom. The topological polar surface area (TPSA) is 95.5 Å². The molecule has 0 saturated carbocycles. The number of aromatic nitrogens is 2. The number of nitrogens with zero attached hydrogens (tertiary/aromatic N) is 2. The summed E-state index contributed by atoms with van der Waals surface area (Å²) in [4.78, 5) is 23.0. The number of alkyl halides is 3. The Hall–Kier alpha value is -2.88. The van der Waals surface area contributed by atoms with Crippen molar-refractivity contribution in [2.75, 3.05) is 26.3 Å². The van der Waals surface area contributed by atoms with Gasteiger partial charge in [0.05, 0.1) is 5.69 Å². The SMILES string of the molecule is CCOCC(=O)N1CCc2[nH]nc(-c3ccccc3C)c2CC1.O=C(O)C(F)(F)F. The minimum atomic E-state index is -5.08. The molecule has 2 N–H and O–H groups in total. The van der Waals surface area contributed by atoms with E-state index >= 15 is 0 Å². The second kappa shape index (κ2) is 10.2. The first-order valence-electron chi connectivity index (χ1n) is 9.42. The molecule has 0 saturated heterocycles. The zero-order valence-electron chi connectivity index (χ0n) is 16.8. The number of aryl methyl sites for hydroxylation is 1. The third-order valence-corrected chi connectivity index (χ3v) is 4.64. The van der Waals surface area contributed by atoms with Crippen molar-refractivity contribution in [2.45, 2.75) is 32.9 Å². The molecule has 1 amide bonds. The Morgan fingerprint density at radius 3 is 2.47 bits per heavy atom. The van der Waals surface area contributed by atoms with Crippen LogP contribution in [0, 0.1) is 6.92 Å². The van der Waals surface area contributed by atoms with Gasteiger partial charge in [-0.2, -0.15) is 18.3 Å². The maximum Gasteiger partial charge on any atom is 0.490 e. The summed E-state index contributed by atoms with van der Waals surface area (Å²) < 4.78 is 37.0. The lowest BCUT2D eigenvalue weighted by Crippen LogP contribution is -2.36. The summed E-state index contributed by atoms with van der Waals surface area (Å²) in [6, 6.07) is 8.29. The van der Waals surface area contributed by atoms with E-state index in [1.54, 1.807) is 0 Å². The number of aromatic amines is 1. The normalized spacial score (nSPS) is 13.7. The number of hydrogen-bond donors (Lipinski definition) is 2. The van der Waals surface area contributed by atoms with Crippen LogP contribution in [0.2, 0.25) is 0 Å². The predicted octanol–water partition coefficient (Wildman–Crippen LogP) is 2.98. The fraction of sp³-hybridized carbons (Fsp3) is 0.450. The van der Waals surface area contributed by atoms with Gasteiger partial charge in [0.2, 0.25) is 5.91 Å². The Morgan fingerprint density at radius 1 is 1.23 bits per heavy atom. The number of amides is 1. The number of fused-ring (bicyclic) bond motifs is 1. The Labute approximate surface area is 171 Å². The highest BCUT2D eigenvalue weighted by Crippen LogP contribution is 2.28. The van der Waals surface area contributed by atoms with Crippen molar-refractivity contribution in [1.82, 2.24) is 15.1 Å². The van der Waals surface area contributed by atoms with Crippen LogP contribution in [0.1, 0.15) is 23.7 Å². The molecule has 1 aliphatic heterocycles. The maximum absolute atomic E-state index is 12.2. The Bertz CT molecular complexity index is 880. The van der Waals surface area contributed by atoms with Gasteiger partial charge in [-0.05, 0) is 25.8 Å². The van der Waals surface area contributed by atoms with Crippen molar-refractivity contribution >= 4 is 11.9 Å². The summed E-state index contributed by atoms with van der Waals surface area (Å²) in [6.07, 6.45) is -3.44. The summed E-state index contributed by atoms with van der Waals surface area (Å²) in [5, 5.41) is 14.8. The van der Waals surface area contributed by atoms with E-state index in [4.69, 9.17) is 14.6 Å². The van der Waals surface area contributed by atoms with Gasteiger partial charge in [0.1, 0.15) is 6.61 Å². The third kappa shape index (κ3) is 6.06. The summed E-state index contributed by atoms with van der Waals surface area (Å²) in [5.41, 5.74) is 5.80. The van der Waals surface area contributed by atoms with E-state index in [-0.39, 0.29) is 12.5 Å². The number of halogens is 3. The fourth-order valence-electron chi connectivity index (χ4n) is 3.07. The van der Waals surface area contributed by atoms with Gasteiger partial charge in [-0.25, -0.2) is 4.79 Å². The van der Waals surface area contributed by atoms with Gasteiger partial charge in [-0.3, -0.25) is 9.89 Å². The van der Waals surface area contributed by atoms with Crippen LogP contribution in [0.4, 0.5) is 13.2 Å². The molecule has 1 aromatic carbocycles. The molecular formula is C20H24F3N3O4. The smallest absolute Gasteiger partial charge is 0.475 e. The fourth-order valence-corrected chi connectivity index (χ4v) is 3.07. The van der Waals surface area contributed by atoms with Gasteiger partial charge in [0.15, 0.2) is 0 Å². The van der Waals surface area contributed by atoms with Crippen molar-refractivity contribution in [2.24, 2.45) is 0 Å². The van der Waals surface area contributed by atoms with Crippen molar-refractivity contribution in [3.05, 3.63) is 41.1 Å².